The first-order valence-electron chi connectivity index (χ1n) is 6.32. The van der Waals surface area contributed by atoms with Crippen LogP contribution in [0.5, 0.6) is 0 Å². The molecule has 0 bridgehead atoms. The molecule has 106 valence electrons. The predicted molar refractivity (Wildman–Crippen MR) is 75.7 cm³/mol. The monoisotopic (exact) mass is 283 g/mol. The molecule has 1 amide bonds. The summed E-state index contributed by atoms with van der Waals surface area (Å²) >= 11 is 0. The molecule has 0 aromatic carbocycles. The van der Waals surface area contributed by atoms with Crippen molar-refractivity contribution in [3.63, 3.8) is 0 Å². The molecule has 3 heterocycles. The highest BCUT2D eigenvalue weighted by molar-refractivity contribution is 5.92. The molecule has 3 rings (SSSR count). The number of aldehydes is 1. The number of carbonyl (C=O) groups excluding carboxylic acids is 2. The topological polar surface area (TPSA) is 72.5 Å². The van der Waals surface area contributed by atoms with E-state index < -0.39 is 0 Å². The largest absolute Gasteiger partial charge is 0.343 e. The standard InChI is InChI=1S/C14H13N5O2/c1-17(2)14(21)10-6-8-19(16-10)13-11(9-20)18-7-4-3-5-12(18)15-13/h3-9H,1-2H3. The molecule has 21 heavy (non-hydrogen) atoms. The van der Waals surface area contributed by atoms with E-state index in [0.717, 1.165) is 6.29 Å². The fraction of sp³-hybridized carbons (Fsp3) is 0.143. The third-order valence-electron chi connectivity index (χ3n) is 3.09. The van der Waals surface area contributed by atoms with E-state index >= 15 is 0 Å². The molecule has 0 saturated heterocycles. The van der Waals surface area contributed by atoms with Gasteiger partial charge in [-0.05, 0) is 18.2 Å². The molecule has 3 aromatic rings. The van der Waals surface area contributed by atoms with Crippen molar-refractivity contribution in [2.75, 3.05) is 14.1 Å². The van der Waals surface area contributed by atoms with E-state index in [9.17, 15) is 9.59 Å². The van der Waals surface area contributed by atoms with Crippen molar-refractivity contribution in [1.82, 2.24) is 24.1 Å². The lowest BCUT2D eigenvalue weighted by Gasteiger charge is -2.06. The van der Waals surface area contributed by atoms with E-state index in [1.54, 1.807) is 43.0 Å². The Labute approximate surface area is 120 Å². The van der Waals surface area contributed by atoms with Crippen LogP contribution in [-0.2, 0) is 0 Å². The second-order valence-electron chi connectivity index (χ2n) is 4.71. The number of hydrogen-bond acceptors (Lipinski definition) is 4. The number of carbonyl (C=O) groups is 2. The van der Waals surface area contributed by atoms with Crippen LogP contribution in [0.1, 0.15) is 21.0 Å². The number of pyridine rings is 1. The summed E-state index contributed by atoms with van der Waals surface area (Å²) in [4.78, 5) is 29.0. The van der Waals surface area contributed by atoms with Gasteiger partial charge in [-0.1, -0.05) is 6.07 Å². The highest BCUT2D eigenvalue weighted by atomic mass is 16.2. The number of hydrogen-bond donors (Lipinski definition) is 0. The van der Waals surface area contributed by atoms with Crippen molar-refractivity contribution in [2.24, 2.45) is 0 Å². The van der Waals surface area contributed by atoms with Crippen LogP contribution in [0.2, 0.25) is 0 Å². The molecule has 0 saturated carbocycles. The molecular weight excluding hydrogens is 270 g/mol. The van der Waals surface area contributed by atoms with Gasteiger partial charge in [0.1, 0.15) is 11.3 Å². The minimum atomic E-state index is -0.204. The molecule has 7 heteroatoms. The Morgan fingerprint density at radius 3 is 2.76 bits per heavy atom. The smallest absolute Gasteiger partial charge is 0.273 e. The second kappa shape index (κ2) is 4.86. The maximum Gasteiger partial charge on any atom is 0.273 e. The number of rotatable bonds is 3. The lowest BCUT2D eigenvalue weighted by Crippen LogP contribution is -2.22. The van der Waals surface area contributed by atoms with Crippen molar-refractivity contribution < 1.29 is 9.59 Å². The molecule has 0 fully saturated rings. The predicted octanol–water partition coefficient (Wildman–Crippen LogP) is 1.03. The minimum absolute atomic E-state index is 0.204. The van der Waals surface area contributed by atoms with Gasteiger partial charge in [-0.2, -0.15) is 5.10 Å². The molecule has 0 aliphatic rings. The fourth-order valence-corrected chi connectivity index (χ4v) is 2.07. The maximum atomic E-state index is 11.9. The zero-order valence-electron chi connectivity index (χ0n) is 11.6. The number of nitrogens with zero attached hydrogens (tertiary/aromatic N) is 5. The van der Waals surface area contributed by atoms with Crippen molar-refractivity contribution in [3.8, 4) is 5.82 Å². The van der Waals surface area contributed by atoms with E-state index in [-0.39, 0.29) is 5.91 Å². The molecule has 0 aliphatic heterocycles. The molecule has 0 spiro atoms. The Balaban J connectivity index is 2.13. The number of aromatic nitrogens is 4. The summed E-state index contributed by atoms with van der Waals surface area (Å²) in [6.45, 7) is 0. The van der Waals surface area contributed by atoms with E-state index in [2.05, 4.69) is 10.1 Å². The van der Waals surface area contributed by atoms with Crippen LogP contribution in [0.3, 0.4) is 0 Å². The van der Waals surface area contributed by atoms with Crippen LogP contribution in [0.25, 0.3) is 11.5 Å². The van der Waals surface area contributed by atoms with Gasteiger partial charge in [-0.15, -0.1) is 0 Å². The van der Waals surface area contributed by atoms with Crippen molar-refractivity contribution in [3.05, 3.63) is 48.0 Å². The van der Waals surface area contributed by atoms with E-state index in [1.807, 2.05) is 12.1 Å². The van der Waals surface area contributed by atoms with Crippen LogP contribution in [-0.4, -0.2) is 50.4 Å². The van der Waals surface area contributed by atoms with Crippen molar-refractivity contribution >= 4 is 17.8 Å². The van der Waals surface area contributed by atoms with Crippen LogP contribution in [0, 0.1) is 0 Å². The quantitative estimate of drug-likeness (QED) is 0.673. The summed E-state index contributed by atoms with van der Waals surface area (Å²) in [6, 6.07) is 7.05. The third-order valence-corrected chi connectivity index (χ3v) is 3.09. The van der Waals surface area contributed by atoms with E-state index in [1.165, 1.54) is 9.58 Å². The van der Waals surface area contributed by atoms with Gasteiger partial charge in [0.25, 0.3) is 5.91 Å². The van der Waals surface area contributed by atoms with Gasteiger partial charge in [-0.3, -0.25) is 14.0 Å². The van der Waals surface area contributed by atoms with Crippen LogP contribution < -0.4 is 0 Å². The van der Waals surface area contributed by atoms with Gasteiger partial charge in [0.2, 0.25) is 0 Å². The molecule has 0 N–H and O–H groups in total. The molecule has 0 aliphatic carbocycles. The Hall–Kier alpha value is -2.96. The zero-order chi connectivity index (χ0) is 15.0. The van der Waals surface area contributed by atoms with Gasteiger partial charge in [-0.25, -0.2) is 9.67 Å². The van der Waals surface area contributed by atoms with E-state index in [4.69, 9.17) is 0 Å². The fourth-order valence-electron chi connectivity index (χ4n) is 2.07. The molecule has 0 radical (unpaired) electrons. The number of imidazole rings is 1. The SMILES string of the molecule is CN(C)C(=O)c1ccn(-c2nc3ccccn3c2C=O)n1. The Kier molecular flexibility index (Phi) is 3.02. The first-order valence-corrected chi connectivity index (χ1v) is 6.32. The Morgan fingerprint density at radius 2 is 2.05 bits per heavy atom. The van der Waals surface area contributed by atoms with Gasteiger partial charge < -0.3 is 4.90 Å². The van der Waals surface area contributed by atoms with Gasteiger partial charge in [0, 0.05) is 26.5 Å². The molecule has 0 unspecified atom stereocenters. The van der Waals surface area contributed by atoms with Crippen LogP contribution >= 0.6 is 0 Å². The molecular formula is C14H13N5O2. The lowest BCUT2D eigenvalue weighted by atomic mass is 10.4. The molecule has 0 atom stereocenters. The Morgan fingerprint density at radius 1 is 1.24 bits per heavy atom. The highest BCUT2D eigenvalue weighted by Crippen LogP contribution is 2.15. The normalized spacial score (nSPS) is 10.8. The number of fused-ring (bicyclic) bond motifs is 1. The summed E-state index contributed by atoms with van der Waals surface area (Å²) < 4.78 is 3.12. The highest BCUT2D eigenvalue weighted by Gasteiger charge is 2.17. The summed E-state index contributed by atoms with van der Waals surface area (Å²) in [7, 11) is 3.31. The lowest BCUT2D eigenvalue weighted by molar-refractivity contribution is 0.0821. The average Bonchev–Trinajstić information content (AvgIpc) is 3.10. The van der Waals surface area contributed by atoms with Gasteiger partial charge >= 0.3 is 0 Å². The minimum Gasteiger partial charge on any atom is -0.343 e. The van der Waals surface area contributed by atoms with Crippen molar-refractivity contribution in [1.29, 1.82) is 0 Å². The summed E-state index contributed by atoms with van der Waals surface area (Å²) in [6.07, 6.45) is 4.10. The average molecular weight is 283 g/mol. The van der Waals surface area contributed by atoms with Crippen LogP contribution in [0.15, 0.2) is 36.7 Å². The summed E-state index contributed by atoms with van der Waals surface area (Å²) in [5.41, 5.74) is 1.33. The first kappa shape index (κ1) is 13.0. The first-order chi connectivity index (χ1) is 10.1. The summed E-state index contributed by atoms with van der Waals surface area (Å²) in [5, 5.41) is 4.20. The van der Waals surface area contributed by atoms with Gasteiger partial charge in [0.15, 0.2) is 17.8 Å². The van der Waals surface area contributed by atoms with Crippen molar-refractivity contribution in [2.45, 2.75) is 0 Å². The van der Waals surface area contributed by atoms with E-state index in [0.29, 0.717) is 22.9 Å². The summed E-state index contributed by atoms with van der Waals surface area (Å²) in [5.74, 6) is 0.194. The maximum absolute atomic E-state index is 11.9. The third kappa shape index (κ3) is 2.08. The van der Waals surface area contributed by atoms with Crippen LogP contribution in [0.4, 0.5) is 0 Å². The zero-order valence-corrected chi connectivity index (χ0v) is 11.6. The molecule has 3 aromatic heterocycles. The second-order valence-corrected chi connectivity index (χ2v) is 4.71. The van der Waals surface area contributed by atoms with Gasteiger partial charge in [0.05, 0.1) is 0 Å². The Bertz CT molecular complexity index is 831. The number of amides is 1. The molecule has 7 nitrogen and oxygen atoms in total.